The molecule has 2 saturated heterocycles. The smallest absolute Gasteiger partial charge is 0.220 e. The summed E-state index contributed by atoms with van der Waals surface area (Å²) in [4.78, 5) is 13.3. The maximum absolute atomic E-state index is 13.3. The number of aliphatic hydroxyl groups is 8. The monoisotopic (exact) mass is 1160 g/mol. The fraction of sp³-hybridized carbons (Fsp3) is 0.838. The number of aliphatic hydroxyl groups excluding tert-OH is 8. The van der Waals surface area contributed by atoms with E-state index in [-0.39, 0.29) is 18.9 Å². The zero-order chi connectivity index (χ0) is 59.5. The third kappa shape index (κ3) is 37.3. The van der Waals surface area contributed by atoms with E-state index in [1.165, 1.54) is 180 Å². The second-order valence-corrected chi connectivity index (χ2v) is 23.6. The lowest BCUT2D eigenvalue weighted by atomic mass is 9.97. The van der Waals surface area contributed by atoms with Crippen molar-refractivity contribution in [2.24, 2.45) is 0 Å². The van der Waals surface area contributed by atoms with Gasteiger partial charge in [-0.3, -0.25) is 4.79 Å². The summed E-state index contributed by atoms with van der Waals surface area (Å²) in [6.45, 7) is 2.72. The van der Waals surface area contributed by atoms with Gasteiger partial charge in [-0.05, 0) is 57.8 Å². The predicted molar refractivity (Wildman–Crippen MR) is 332 cm³/mol. The van der Waals surface area contributed by atoms with Crippen molar-refractivity contribution in [3.05, 3.63) is 60.8 Å². The highest BCUT2D eigenvalue weighted by atomic mass is 16.7. The Morgan fingerprint density at radius 1 is 0.451 bits per heavy atom. The number of carbonyl (C=O) groups excluding carboxylic acids is 1. The molecule has 478 valence electrons. The number of hydrogen-bond donors (Lipinski definition) is 9. The molecular weight excluding hydrogens is 1040 g/mol. The third-order valence-electron chi connectivity index (χ3n) is 16.2. The first-order valence-electron chi connectivity index (χ1n) is 33.5. The summed E-state index contributed by atoms with van der Waals surface area (Å²) >= 11 is 0. The van der Waals surface area contributed by atoms with E-state index >= 15 is 0 Å². The third-order valence-corrected chi connectivity index (χ3v) is 16.2. The molecule has 0 saturated carbocycles. The first-order chi connectivity index (χ1) is 40.1. The minimum atomic E-state index is -1.79. The molecule has 0 aliphatic carbocycles. The molecule has 0 radical (unpaired) electrons. The lowest BCUT2D eigenvalue weighted by Gasteiger charge is -2.46. The number of amides is 1. The van der Waals surface area contributed by atoms with Gasteiger partial charge in [0.1, 0.15) is 48.8 Å². The minimum Gasteiger partial charge on any atom is -0.394 e. The van der Waals surface area contributed by atoms with Crippen LogP contribution in [0.25, 0.3) is 0 Å². The van der Waals surface area contributed by atoms with Gasteiger partial charge in [-0.25, -0.2) is 0 Å². The van der Waals surface area contributed by atoms with E-state index in [2.05, 4.69) is 67.8 Å². The highest BCUT2D eigenvalue weighted by Gasteiger charge is 2.51. The zero-order valence-electron chi connectivity index (χ0n) is 51.7. The largest absolute Gasteiger partial charge is 0.394 e. The number of carbonyl (C=O) groups is 1. The molecule has 12 unspecified atom stereocenters. The molecule has 2 fully saturated rings. The van der Waals surface area contributed by atoms with Crippen molar-refractivity contribution in [1.29, 1.82) is 0 Å². The van der Waals surface area contributed by atoms with E-state index in [1.807, 2.05) is 6.08 Å². The Bertz CT molecular complexity index is 1610. The quantitative estimate of drug-likeness (QED) is 0.0204. The van der Waals surface area contributed by atoms with Gasteiger partial charge in [-0.2, -0.15) is 0 Å². The molecule has 9 N–H and O–H groups in total. The Morgan fingerprint density at radius 2 is 0.841 bits per heavy atom. The second-order valence-electron chi connectivity index (χ2n) is 23.6. The van der Waals surface area contributed by atoms with Crippen LogP contribution < -0.4 is 5.32 Å². The fourth-order valence-electron chi connectivity index (χ4n) is 10.9. The number of nitrogens with one attached hydrogen (secondary N) is 1. The van der Waals surface area contributed by atoms with Gasteiger partial charge in [0.2, 0.25) is 5.91 Å². The van der Waals surface area contributed by atoms with Gasteiger partial charge in [-0.1, -0.05) is 267 Å². The molecule has 0 aromatic heterocycles. The molecule has 0 aromatic rings. The van der Waals surface area contributed by atoms with Crippen LogP contribution in [0.5, 0.6) is 0 Å². The maximum atomic E-state index is 13.3. The summed E-state index contributed by atoms with van der Waals surface area (Å²) in [5, 5.41) is 87.4. The van der Waals surface area contributed by atoms with Gasteiger partial charge in [0, 0.05) is 6.42 Å². The van der Waals surface area contributed by atoms with Crippen molar-refractivity contribution in [2.75, 3.05) is 19.8 Å². The summed E-state index contributed by atoms with van der Waals surface area (Å²) in [5.74, 6) is -0.239. The Morgan fingerprint density at radius 3 is 1.29 bits per heavy atom. The maximum Gasteiger partial charge on any atom is 0.220 e. The molecule has 82 heavy (non-hydrogen) atoms. The molecule has 1 amide bonds. The molecule has 0 aromatic carbocycles. The van der Waals surface area contributed by atoms with Crippen LogP contribution in [0.3, 0.4) is 0 Å². The van der Waals surface area contributed by atoms with E-state index in [1.54, 1.807) is 6.08 Å². The summed E-state index contributed by atoms with van der Waals surface area (Å²) < 4.78 is 22.8. The normalized spacial score (nSPS) is 24.3. The second kappa shape index (κ2) is 53.0. The number of ether oxygens (including phenoxy) is 4. The predicted octanol–water partition coefficient (Wildman–Crippen LogP) is 12.9. The van der Waals surface area contributed by atoms with Gasteiger partial charge in [0.25, 0.3) is 0 Å². The highest BCUT2D eigenvalue weighted by Crippen LogP contribution is 2.30. The Labute approximate surface area is 498 Å². The van der Waals surface area contributed by atoms with Crippen LogP contribution in [-0.2, 0) is 23.7 Å². The first-order valence-corrected chi connectivity index (χ1v) is 33.5. The number of rotatable bonds is 54. The summed E-state index contributed by atoms with van der Waals surface area (Å²) in [5.41, 5.74) is 0. The van der Waals surface area contributed by atoms with Crippen LogP contribution in [0.15, 0.2) is 60.8 Å². The summed E-state index contributed by atoms with van der Waals surface area (Å²) in [6.07, 6.45) is 52.6. The number of allylic oxidation sites excluding steroid dienone is 9. The van der Waals surface area contributed by atoms with Gasteiger partial charge in [0.15, 0.2) is 12.6 Å². The van der Waals surface area contributed by atoms with Crippen LogP contribution in [0.1, 0.15) is 271 Å². The SMILES string of the molecule is CC/C=C\C/C=C\C/C=C\C/C=C\CCCCCCCCCCCCCCCCC(=O)NC(COC1OC(CO)C(OC2OC(CO)C(O)C(O)C2O)C(O)C1O)C(O)/C=C/CCCCCCCCCCCCCCCCCCCCC. The van der Waals surface area contributed by atoms with E-state index in [4.69, 9.17) is 18.9 Å². The van der Waals surface area contributed by atoms with Gasteiger partial charge in [0.05, 0.1) is 32.0 Å². The number of hydrogen-bond acceptors (Lipinski definition) is 13. The Hall–Kier alpha value is -2.31. The van der Waals surface area contributed by atoms with E-state index in [0.717, 1.165) is 64.2 Å². The summed E-state index contributed by atoms with van der Waals surface area (Å²) in [7, 11) is 0. The van der Waals surface area contributed by atoms with Crippen LogP contribution in [0, 0.1) is 0 Å². The van der Waals surface area contributed by atoms with Crippen molar-refractivity contribution >= 4 is 5.91 Å². The van der Waals surface area contributed by atoms with Crippen molar-refractivity contribution in [3.8, 4) is 0 Å². The standard InChI is InChI=1S/C68H123NO13/c1-3-5-7-9-11-13-15-17-19-21-23-25-26-27-28-29-30-32-34-36-38-40-42-44-46-48-50-52-60(73)69-56(57(72)51-49-47-45-43-41-39-37-35-33-31-24-22-20-18-16-14-12-10-8-6-4-2)55-79-67-65(78)63(76)66(59(54-71)81-67)82-68-64(77)62(75)61(74)58(53-70)80-68/h5,7,11,13,17,19,23,25,49,51,56-59,61-68,70-72,74-78H,3-4,6,8-10,12,14-16,18,20-22,24,26-48,50,52-55H2,1-2H3,(H,69,73)/b7-5-,13-11-,19-17-,25-23-,51-49+. The zero-order valence-corrected chi connectivity index (χ0v) is 51.7. The highest BCUT2D eigenvalue weighted by molar-refractivity contribution is 5.76. The molecule has 2 aliphatic rings. The molecule has 0 bridgehead atoms. The summed E-state index contributed by atoms with van der Waals surface area (Å²) in [6, 6.07) is -0.918. The topological polar surface area (TPSA) is 228 Å². The Kier molecular flexibility index (Phi) is 49.0. The molecule has 12 atom stereocenters. The molecule has 14 nitrogen and oxygen atoms in total. The van der Waals surface area contributed by atoms with Crippen molar-refractivity contribution < 1.29 is 64.6 Å². The van der Waals surface area contributed by atoms with E-state index in [9.17, 15) is 45.6 Å². The Balaban J connectivity index is 1.70. The molecular formula is C68H123NO13. The average molecular weight is 1160 g/mol. The molecule has 0 spiro atoms. The van der Waals surface area contributed by atoms with Gasteiger partial charge >= 0.3 is 0 Å². The van der Waals surface area contributed by atoms with Crippen LogP contribution in [0.4, 0.5) is 0 Å². The molecule has 2 rings (SSSR count). The first kappa shape index (κ1) is 75.8. The van der Waals surface area contributed by atoms with Gasteiger partial charge in [-0.15, -0.1) is 0 Å². The average Bonchev–Trinajstić information content (AvgIpc) is 3.67. The lowest BCUT2D eigenvalue weighted by Crippen LogP contribution is -2.65. The fourth-order valence-corrected chi connectivity index (χ4v) is 10.9. The molecule has 14 heteroatoms. The lowest BCUT2D eigenvalue weighted by molar-refractivity contribution is -0.359. The van der Waals surface area contributed by atoms with Crippen molar-refractivity contribution in [1.82, 2.24) is 5.32 Å². The van der Waals surface area contributed by atoms with Crippen LogP contribution in [0.2, 0.25) is 0 Å². The van der Waals surface area contributed by atoms with Crippen molar-refractivity contribution in [2.45, 2.75) is 344 Å². The van der Waals surface area contributed by atoms with Crippen LogP contribution in [-0.4, -0.2) is 140 Å². The van der Waals surface area contributed by atoms with Crippen molar-refractivity contribution in [3.63, 3.8) is 0 Å². The van der Waals surface area contributed by atoms with E-state index in [0.29, 0.717) is 6.42 Å². The molecule has 2 aliphatic heterocycles. The number of unbranched alkanes of at least 4 members (excludes halogenated alkanes) is 33. The van der Waals surface area contributed by atoms with Crippen LogP contribution >= 0.6 is 0 Å². The minimum absolute atomic E-state index is 0.239. The van der Waals surface area contributed by atoms with Gasteiger partial charge < -0.3 is 65.1 Å². The van der Waals surface area contributed by atoms with E-state index < -0.39 is 86.8 Å². The molecule has 2 heterocycles.